The molecule has 28 heavy (non-hydrogen) atoms. The normalized spacial score (nSPS) is 11.1. The molecule has 0 radical (unpaired) electrons. The molecule has 1 amide bonds. The van der Waals surface area contributed by atoms with E-state index in [9.17, 15) is 13.2 Å². The first-order valence-electron chi connectivity index (χ1n) is 8.57. The van der Waals surface area contributed by atoms with Gasteiger partial charge in [-0.3, -0.25) is 9.52 Å². The summed E-state index contributed by atoms with van der Waals surface area (Å²) in [7, 11) is -3.74. The van der Waals surface area contributed by atoms with Gasteiger partial charge in [-0.05, 0) is 54.4 Å². The first kappa shape index (κ1) is 19.9. The Kier molecular flexibility index (Phi) is 6.02. The molecule has 5 nitrogen and oxygen atoms in total. The minimum Gasteiger partial charge on any atom is -0.348 e. The molecule has 0 spiro atoms. The molecule has 0 aliphatic heterocycles. The van der Waals surface area contributed by atoms with Gasteiger partial charge in [0.15, 0.2) is 0 Å². The summed E-state index contributed by atoms with van der Waals surface area (Å²) in [4.78, 5) is 12.4. The van der Waals surface area contributed by atoms with Crippen LogP contribution < -0.4 is 10.0 Å². The van der Waals surface area contributed by atoms with Crippen molar-refractivity contribution in [3.63, 3.8) is 0 Å². The van der Waals surface area contributed by atoms with Crippen LogP contribution in [0.15, 0.2) is 77.7 Å². The molecular weight excluding hydrogens is 396 g/mol. The zero-order valence-electron chi connectivity index (χ0n) is 15.1. The van der Waals surface area contributed by atoms with Gasteiger partial charge in [0.2, 0.25) is 0 Å². The molecule has 0 bridgehead atoms. The number of rotatable bonds is 6. The van der Waals surface area contributed by atoms with Crippen molar-refractivity contribution in [1.29, 1.82) is 0 Å². The van der Waals surface area contributed by atoms with E-state index < -0.39 is 10.0 Å². The van der Waals surface area contributed by atoms with Crippen molar-refractivity contribution in [1.82, 2.24) is 5.32 Å². The van der Waals surface area contributed by atoms with Gasteiger partial charge in [-0.1, -0.05) is 48.0 Å². The highest BCUT2D eigenvalue weighted by molar-refractivity contribution is 7.92. The summed E-state index contributed by atoms with van der Waals surface area (Å²) in [5.74, 6) is -0.310. The van der Waals surface area contributed by atoms with E-state index in [2.05, 4.69) is 10.0 Å². The summed E-state index contributed by atoms with van der Waals surface area (Å²) in [5.41, 5.74) is 2.51. The van der Waals surface area contributed by atoms with E-state index in [1.165, 1.54) is 24.3 Å². The topological polar surface area (TPSA) is 75.3 Å². The zero-order chi connectivity index (χ0) is 20.1. The van der Waals surface area contributed by atoms with Gasteiger partial charge in [-0.15, -0.1) is 0 Å². The maximum Gasteiger partial charge on any atom is 0.261 e. The lowest BCUT2D eigenvalue weighted by atomic mass is 10.2. The van der Waals surface area contributed by atoms with Crippen molar-refractivity contribution in [3.8, 4) is 0 Å². The SMILES string of the molecule is Cc1ccccc1NS(=O)(=O)c1ccc(C(=O)NCc2ccccc2Cl)cc1. The van der Waals surface area contributed by atoms with Crippen molar-refractivity contribution in [2.75, 3.05) is 4.72 Å². The lowest BCUT2D eigenvalue weighted by molar-refractivity contribution is 0.0951. The summed E-state index contributed by atoms with van der Waals surface area (Å²) < 4.78 is 27.7. The van der Waals surface area contributed by atoms with Gasteiger partial charge in [-0.2, -0.15) is 0 Å². The highest BCUT2D eigenvalue weighted by atomic mass is 35.5. The van der Waals surface area contributed by atoms with Gasteiger partial charge in [0.1, 0.15) is 0 Å². The molecule has 0 aliphatic carbocycles. The average molecular weight is 415 g/mol. The summed E-state index contributed by atoms with van der Waals surface area (Å²) in [6.07, 6.45) is 0. The van der Waals surface area contributed by atoms with Crippen molar-refractivity contribution in [3.05, 3.63) is 94.5 Å². The molecule has 7 heteroatoms. The van der Waals surface area contributed by atoms with Gasteiger partial charge in [-0.25, -0.2) is 8.42 Å². The number of carbonyl (C=O) groups is 1. The standard InChI is InChI=1S/C21H19ClN2O3S/c1-15-6-2-5-9-20(15)24-28(26,27)18-12-10-16(11-13-18)21(25)23-14-17-7-3-4-8-19(17)22/h2-13,24H,14H2,1H3,(H,23,25). The number of anilines is 1. The van der Waals surface area contributed by atoms with Crippen LogP contribution in [0.1, 0.15) is 21.5 Å². The van der Waals surface area contributed by atoms with Crippen LogP contribution in [0.25, 0.3) is 0 Å². The third kappa shape index (κ3) is 4.71. The highest BCUT2D eigenvalue weighted by Crippen LogP contribution is 2.20. The Labute approximate surface area is 169 Å². The van der Waals surface area contributed by atoms with E-state index in [0.29, 0.717) is 16.3 Å². The van der Waals surface area contributed by atoms with Gasteiger partial charge in [0.05, 0.1) is 10.6 Å². The second-order valence-electron chi connectivity index (χ2n) is 6.22. The Morgan fingerprint density at radius 3 is 2.25 bits per heavy atom. The Morgan fingerprint density at radius 2 is 1.57 bits per heavy atom. The monoisotopic (exact) mass is 414 g/mol. The number of para-hydroxylation sites is 1. The van der Waals surface area contributed by atoms with E-state index >= 15 is 0 Å². The molecule has 2 N–H and O–H groups in total. The number of hydrogen-bond acceptors (Lipinski definition) is 3. The lowest BCUT2D eigenvalue weighted by Gasteiger charge is -2.11. The molecule has 3 rings (SSSR count). The summed E-state index contributed by atoms with van der Waals surface area (Å²) in [6.45, 7) is 2.11. The van der Waals surface area contributed by atoms with E-state index in [4.69, 9.17) is 11.6 Å². The van der Waals surface area contributed by atoms with Crippen LogP contribution in [-0.4, -0.2) is 14.3 Å². The van der Waals surface area contributed by atoms with Gasteiger partial charge in [0, 0.05) is 17.1 Å². The summed E-state index contributed by atoms with van der Waals surface area (Å²) in [5, 5.41) is 3.35. The van der Waals surface area contributed by atoms with Crippen molar-refractivity contribution >= 4 is 33.2 Å². The Bertz CT molecular complexity index is 1100. The molecule has 3 aromatic rings. The molecule has 0 heterocycles. The first-order valence-corrected chi connectivity index (χ1v) is 10.4. The van der Waals surface area contributed by atoms with Crippen molar-refractivity contribution in [2.24, 2.45) is 0 Å². The molecule has 0 saturated heterocycles. The van der Waals surface area contributed by atoms with Crippen LogP contribution in [0.2, 0.25) is 5.02 Å². The number of amides is 1. The average Bonchev–Trinajstić information content (AvgIpc) is 2.69. The van der Waals surface area contributed by atoms with Crippen molar-refractivity contribution in [2.45, 2.75) is 18.4 Å². The molecule has 0 aliphatic rings. The smallest absolute Gasteiger partial charge is 0.261 e. The Morgan fingerprint density at radius 1 is 0.929 bits per heavy atom. The van der Waals surface area contributed by atoms with Crippen LogP contribution in [-0.2, 0) is 16.6 Å². The minimum absolute atomic E-state index is 0.0819. The molecule has 144 valence electrons. The fourth-order valence-corrected chi connectivity index (χ4v) is 3.93. The predicted molar refractivity (Wildman–Crippen MR) is 111 cm³/mol. The summed E-state index contributed by atoms with van der Waals surface area (Å²) in [6, 6.07) is 20.1. The minimum atomic E-state index is -3.74. The quantitative estimate of drug-likeness (QED) is 0.628. The highest BCUT2D eigenvalue weighted by Gasteiger charge is 2.16. The molecular formula is C21H19ClN2O3S. The number of aryl methyl sites for hydroxylation is 1. The largest absolute Gasteiger partial charge is 0.348 e. The zero-order valence-corrected chi connectivity index (χ0v) is 16.7. The third-order valence-corrected chi connectivity index (χ3v) is 5.96. The van der Waals surface area contributed by atoms with Crippen LogP contribution in [0.5, 0.6) is 0 Å². The molecule has 0 unspecified atom stereocenters. The number of carbonyl (C=O) groups excluding carboxylic acids is 1. The molecule has 0 fully saturated rings. The number of sulfonamides is 1. The number of halogens is 1. The lowest BCUT2D eigenvalue weighted by Crippen LogP contribution is -2.23. The Balaban J connectivity index is 1.69. The maximum absolute atomic E-state index is 12.6. The summed E-state index contributed by atoms with van der Waals surface area (Å²) >= 11 is 6.08. The fraction of sp³-hybridized carbons (Fsp3) is 0.0952. The van der Waals surface area contributed by atoms with Crippen LogP contribution >= 0.6 is 11.6 Å². The molecule has 3 aromatic carbocycles. The van der Waals surface area contributed by atoms with E-state index in [-0.39, 0.29) is 17.3 Å². The van der Waals surface area contributed by atoms with Crippen LogP contribution in [0, 0.1) is 6.92 Å². The van der Waals surface area contributed by atoms with Gasteiger partial charge < -0.3 is 5.32 Å². The van der Waals surface area contributed by atoms with E-state index in [0.717, 1.165) is 11.1 Å². The first-order chi connectivity index (χ1) is 13.4. The second-order valence-corrected chi connectivity index (χ2v) is 8.31. The van der Waals surface area contributed by atoms with E-state index in [1.807, 2.05) is 37.3 Å². The van der Waals surface area contributed by atoms with Gasteiger partial charge >= 0.3 is 0 Å². The fourth-order valence-electron chi connectivity index (χ4n) is 2.60. The second kappa shape index (κ2) is 8.46. The number of benzene rings is 3. The molecule has 0 saturated carbocycles. The van der Waals surface area contributed by atoms with Crippen LogP contribution in [0.4, 0.5) is 5.69 Å². The van der Waals surface area contributed by atoms with E-state index in [1.54, 1.807) is 18.2 Å². The Hall–Kier alpha value is -2.83. The van der Waals surface area contributed by atoms with Crippen molar-refractivity contribution < 1.29 is 13.2 Å². The maximum atomic E-state index is 12.6. The van der Waals surface area contributed by atoms with Gasteiger partial charge in [0.25, 0.3) is 15.9 Å². The predicted octanol–water partition coefficient (Wildman–Crippen LogP) is 4.38. The number of nitrogens with one attached hydrogen (secondary N) is 2. The third-order valence-electron chi connectivity index (χ3n) is 4.21. The molecule has 0 atom stereocenters. The van der Waals surface area contributed by atoms with Crippen LogP contribution in [0.3, 0.4) is 0 Å². The molecule has 0 aromatic heterocycles. The number of hydrogen-bond donors (Lipinski definition) is 2.